The maximum absolute atomic E-state index is 9.76. The number of hydrogen-bond donors (Lipinski definition) is 1. The van der Waals surface area contributed by atoms with E-state index in [2.05, 4.69) is 36.1 Å². The van der Waals surface area contributed by atoms with Gasteiger partial charge in [0.1, 0.15) is 0 Å². The largest absolute Gasteiger partial charge is 0.394 e. The smallest absolute Gasteiger partial charge is 0.0616 e. The van der Waals surface area contributed by atoms with Crippen LogP contribution in [0, 0.1) is 0 Å². The molecule has 0 spiro atoms. The van der Waals surface area contributed by atoms with E-state index in [-0.39, 0.29) is 12.1 Å². The Balaban J connectivity index is 2.07. The first kappa shape index (κ1) is 12.6. The quantitative estimate of drug-likeness (QED) is 0.863. The van der Waals surface area contributed by atoms with Gasteiger partial charge in [-0.1, -0.05) is 36.8 Å². The minimum atomic E-state index is -0.0955. The molecular weight excluding hydrogens is 210 g/mol. The molecule has 1 aliphatic heterocycles. The maximum Gasteiger partial charge on any atom is 0.0616 e. The number of aliphatic hydroxyl groups is 1. The third-order valence-electron chi connectivity index (χ3n) is 3.89. The zero-order valence-corrected chi connectivity index (χ0v) is 10.7. The fraction of sp³-hybridized carbons (Fsp3) is 0.600. The molecule has 1 atom stereocenters. The predicted octanol–water partition coefficient (Wildman–Crippen LogP) is 2.47. The van der Waals surface area contributed by atoms with E-state index in [0.29, 0.717) is 0 Å². The van der Waals surface area contributed by atoms with Crippen LogP contribution in [0.4, 0.5) is 0 Å². The van der Waals surface area contributed by atoms with Gasteiger partial charge in [0.2, 0.25) is 0 Å². The molecule has 2 nitrogen and oxygen atoms in total. The molecule has 0 saturated carbocycles. The van der Waals surface area contributed by atoms with Crippen LogP contribution in [0.5, 0.6) is 0 Å². The maximum atomic E-state index is 9.76. The van der Waals surface area contributed by atoms with Gasteiger partial charge in [0.05, 0.1) is 6.61 Å². The van der Waals surface area contributed by atoms with E-state index in [9.17, 15) is 5.11 Å². The Bertz CT molecular complexity index is 332. The minimum absolute atomic E-state index is 0.0955. The summed E-state index contributed by atoms with van der Waals surface area (Å²) in [5.74, 6) is 0. The molecule has 2 heteroatoms. The van der Waals surface area contributed by atoms with Crippen molar-refractivity contribution in [1.82, 2.24) is 4.90 Å². The van der Waals surface area contributed by atoms with Crippen LogP contribution in [0.15, 0.2) is 30.3 Å². The highest BCUT2D eigenvalue weighted by atomic mass is 16.3. The van der Waals surface area contributed by atoms with Gasteiger partial charge in [0.15, 0.2) is 0 Å². The number of piperidine rings is 1. The van der Waals surface area contributed by atoms with Crippen LogP contribution in [0.3, 0.4) is 0 Å². The summed E-state index contributed by atoms with van der Waals surface area (Å²) >= 11 is 0. The van der Waals surface area contributed by atoms with Crippen molar-refractivity contribution in [2.24, 2.45) is 0 Å². The Kier molecular flexibility index (Phi) is 4.19. The molecule has 1 aliphatic rings. The molecule has 2 rings (SSSR count). The van der Waals surface area contributed by atoms with Crippen molar-refractivity contribution in [3.63, 3.8) is 0 Å². The molecule has 0 bridgehead atoms. The fourth-order valence-corrected chi connectivity index (χ4v) is 2.74. The van der Waals surface area contributed by atoms with E-state index in [0.717, 1.165) is 19.5 Å². The van der Waals surface area contributed by atoms with Crippen molar-refractivity contribution in [2.75, 3.05) is 19.7 Å². The summed E-state index contributed by atoms with van der Waals surface area (Å²) < 4.78 is 0. The summed E-state index contributed by atoms with van der Waals surface area (Å²) in [6.07, 6.45) is 4.81. The van der Waals surface area contributed by atoms with Gasteiger partial charge in [-0.05, 0) is 44.8 Å². The SMILES string of the molecule is CC(CO)(Cc1ccccc1)N1CCCCC1. The van der Waals surface area contributed by atoms with Crippen LogP contribution in [-0.4, -0.2) is 35.2 Å². The van der Waals surface area contributed by atoms with Crippen LogP contribution in [0.1, 0.15) is 31.7 Å². The third kappa shape index (κ3) is 3.08. The summed E-state index contributed by atoms with van der Waals surface area (Å²) in [5, 5.41) is 9.76. The Morgan fingerprint density at radius 2 is 1.76 bits per heavy atom. The third-order valence-corrected chi connectivity index (χ3v) is 3.89. The van der Waals surface area contributed by atoms with Gasteiger partial charge in [-0.15, -0.1) is 0 Å². The highest BCUT2D eigenvalue weighted by Gasteiger charge is 2.32. The highest BCUT2D eigenvalue weighted by molar-refractivity contribution is 5.17. The van der Waals surface area contributed by atoms with Gasteiger partial charge in [-0.25, -0.2) is 0 Å². The summed E-state index contributed by atoms with van der Waals surface area (Å²) in [5.41, 5.74) is 1.22. The van der Waals surface area contributed by atoms with E-state index in [1.165, 1.54) is 24.8 Å². The van der Waals surface area contributed by atoms with E-state index in [1.807, 2.05) is 6.07 Å². The Morgan fingerprint density at radius 1 is 1.12 bits per heavy atom. The van der Waals surface area contributed by atoms with Gasteiger partial charge in [-0.3, -0.25) is 4.90 Å². The fourth-order valence-electron chi connectivity index (χ4n) is 2.74. The number of likely N-dealkylation sites (tertiary alicyclic amines) is 1. The van der Waals surface area contributed by atoms with Crippen LogP contribution in [0.2, 0.25) is 0 Å². The normalized spacial score (nSPS) is 21.1. The van der Waals surface area contributed by atoms with E-state index in [4.69, 9.17) is 0 Å². The van der Waals surface area contributed by atoms with E-state index < -0.39 is 0 Å². The molecule has 1 aromatic carbocycles. The number of aliphatic hydroxyl groups excluding tert-OH is 1. The zero-order valence-electron chi connectivity index (χ0n) is 10.7. The van der Waals surface area contributed by atoms with Crippen LogP contribution in [-0.2, 0) is 6.42 Å². The topological polar surface area (TPSA) is 23.5 Å². The van der Waals surface area contributed by atoms with Gasteiger partial charge in [0.25, 0.3) is 0 Å². The molecular formula is C15H23NO. The van der Waals surface area contributed by atoms with Crippen molar-refractivity contribution in [3.05, 3.63) is 35.9 Å². The van der Waals surface area contributed by atoms with Crippen molar-refractivity contribution in [1.29, 1.82) is 0 Å². The molecule has 0 radical (unpaired) electrons. The molecule has 1 heterocycles. The first-order chi connectivity index (χ1) is 8.24. The molecule has 94 valence electrons. The second-order valence-electron chi connectivity index (χ2n) is 5.37. The summed E-state index contributed by atoms with van der Waals surface area (Å²) in [4.78, 5) is 2.46. The lowest BCUT2D eigenvalue weighted by molar-refractivity contribution is 0.0290. The van der Waals surface area contributed by atoms with Gasteiger partial charge >= 0.3 is 0 Å². The zero-order chi connectivity index (χ0) is 12.1. The second kappa shape index (κ2) is 5.65. The molecule has 1 saturated heterocycles. The van der Waals surface area contributed by atoms with Crippen LogP contribution < -0.4 is 0 Å². The molecule has 0 aliphatic carbocycles. The van der Waals surface area contributed by atoms with Gasteiger partial charge < -0.3 is 5.11 Å². The number of hydrogen-bond acceptors (Lipinski definition) is 2. The Hall–Kier alpha value is -0.860. The van der Waals surface area contributed by atoms with Gasteiger partial charge in [-0.2, -0.15) is 0 Å². The summed E-state index contributed by atoms with van der Waals surface area (Å²) in [6.45, 7) is 4.68. The van der Waals surface area contributed by atoms with Crippen molar-refractivity contribution in [3.8, 4) is 0 Å². The Morgan fingerprint density at radius 3 is 2.35 bits per heavy atom. The van der Waals surface area contributed by atoms with Crippen molar-refractivity contribution < 1.29 is 5.11 Å². The van der Waals surface area contributed by atoms with Crippen molar-refractivity contribution in [2.45, 2.75) is 38.1 Å². The molecule has 0 aromatic heterocycles. The first-order valence-electron chi connectivity index (χ1n) is 6.64. The average Bonchev–Trinajstić information content (AvgIpc) is 2.41. The lowest BCUT2D eigenvalue weighted by atomic mass is 9.90. The molecule has 0 amide bonds. The molecule has 1 N–H and O–H groups in total. The average molecular weight is 233 g/mol. The number of rotatable bonds is 4. The monoisotopic (exact) mass is 233 g/mol. The van der Waals surface area contributed by atoms with Crippen molar-refractivity contribution >= 4 is 0 Å². The number of benzene rings is 1. The molecule has 1 unspecified atom stereocenters. The summed E-state index contributed by atoms with van der Waals surface area (Å²) in [6, 6.07) is 10.5. The lowest BCUT2D eigenvalue weighted by Crippen LogP contribution is -2.52. The lowest BCUT2D eigenvalue weighted by Gasteiger charge is -2.42. The van der Waals surface area contributed by atoms with Crippen LogP contribution >= 0.6 is 0 Å². The number of nitrogens with zero attached hydrogens (tertiary/aromatic N) is 1. The molecule has 17 heavy (non-hydrogen) atoms. The van der Waals surface area contributed by atoms with E-state index >= 15 is 0 Å². The minimum Gasteiger partial charge on any atom is -0.394 e. The Labute approximate surface area is 104 Å². The first-order valence-corrected chi connectivity index (χ1v) is 6.64. The molecule has 1 aromatic rings. The second-order valence-corrected chi connectivity index (χ2v) is 5.37. The van der Waals surface area contributed by atoms with Gasteiger partial charge in [0, 0.05) is 5.54 Å². The highest BCUT2D eigenvalue weighted by Crippen LogP contribution is 2.24. The predicted molar refractivity (Wildman–Crippen MR) is 71.1 cm³/mol. The summed E-state index contributed by atoms with van der Waals surface area (Å²) in [7, 11) is 0. The molecule has 1 fully saturated rings. The van der Waals surface area contributed by atoms with Crippen LogP contribution in [0.25, 0.3) is 0 Å². The van der Waals surface area contributed by atoms with E-state index in [1.54, 1.807) is 0 Å². The standard InChI is InChI=1S/C15H23NO/c1-15(13-17,16-10-6-3-7-11-16)12-14-8-4-2-5-9-14/h2,4-5,8-9,17H,3,6-7,10-13H2,1H3.